The third kappa shape index (κ3) is 6.47. The third-order valence-electron chi connectivity index (χ3n) is 7.61. The van der Waals surface area contributed by atoms with E-state index in [1.807, 2.05) is 54.6 Å². The van der Waals surface area contributed by atoms with Crippen LogP contribution in [-0.4, -0.2) is 36.3 Å². The van der Waals surface area contributed by atoms with Crippen LogP contribution < -0.4 is 21.7 Å². The maximum Gasteiger partial charge on any atom is 0.247 e. The van der Waals surface area contributed by atoms with E-state index >= 15 is 0 Å². The van der Waals surface area contributed by atoms with Crippen molar-refractivity contribution in [2.45, 2.75) is 57.6 Å². The topological polar surface area (TPSA) is 145 Å². The lowest BCUT2D eigenvalue weighted by molar-refractivity contribution is -0.125. The van der Waals surface area contributed by atoms with Crippen molar-refractivity contribution in [2.24, 2.45) is 11.5 Å². The normalized spacial score (nSPS) is 16.4. The van der Waals surface area contributed by atoms with Crippen LogP contribution >= 0.6 is 0 Å². The van der Waals surface area contributed by atoms with Gasteiger partial charge in [-0.3, -0.25) is 24.1 Å². The van der Waals surface area contributed by atoms with Crippen LogP contribution in [0, 0.1) is 0 Å². The van der Waals surface area contributed by atoms with E-state index in [1.54, 1.807) is 11.0 Å². The minimum atomic E-state index is -0.669. The first-order valence-electron chi connectivity index (χ1n) is 13.9. The van der Waals surface area contributed by atoms with Gasteiger partial charge in [-0.15, -0.1) is 0 Å². The zero-order chi connectivity index (χ0) is 28.9. The van der Waals surface area contributed by atoms with Crippen LogP contribution in [-0.2, 0) is 49.8 Å². The Kier molecular flexibility index (Phi) is 8.45. The predicted octanol–water partition coefficient (Wildman–Crippen LogP) is 2.94. The molecule has 2 heterocycles. The second kappa shape index (κ2) is 12.3. The highest BCUT2D eigenvalue weighted by molar-refractivity contribution is 6.05. The molecule has 41 heavy (non-hydrogen) atoms. The van der Waals surface area contributed by atoms with E-state index < -0.39 is 11.9 Å². The molecule has 2 aliphatic heterocycles. The van der Waals surface area contributed by atoms with Gasteiger partial charge in [-0.1, -0.05) is 54.6 Å². The summed E-state index contributed by atoms with van der Waals surface area (Å²) in [4.78, 5) is 50.8. The molecule has 3 aromatic carbocycles. The molecule has 0 aliphatic carbocycles. The molecule has 0 spiro atoms. The van der Waals surface area contributed by atoms with Gasteiger partial charge in [0.25, 0.3) is 0 Å². The highest BCUT2D eigenvalue weighted by Gasteiger charge is 2.40. The van der Waals surface area contributed by atoms with Gasteiger partial charge in [0.05, 0.1) is 18.9 Å². The van der Waals surface area contributed by atoms with Crippen molar-refractivity contribution >= 4 is 40.1 Å². The molecule has 5 N–H and O–H groups in total. The Balaban J connectivity index is 1.26. The third-order valence-corrected chi connectivity index (χ3v) is 7.61. The van der Waals surface area contributed by atoms with Gasteiger partial charge in [0.15, 0.2) is 0 Å². The number of fused-ring (bicyclic) bond motifs is 1. The molecule has 0 radical (unpaired) electrons. The molecule has 0 unspecified atom stereocenters. The second-order valence-corrected chi connectivity index (χ2v) is 10.6. The number of nitrogens with zero attached hydrogens (tertiary/aromatic N) is 1. The maximum atomic E-state index is 13.5. The summed E-state index contributed by atoms with van der Waals surface area (Å²) >= 11 is 0. The number of ether oxygens (including phenoxy) is 1. The first kappa shape index (κ1) is 28.0. The number of nitrogens with two attached hydrogens (primary N) is 2. The molecule has 3 aromatic rings. The molecule has 9 nitrogen and oxygen atoms in total. The average Bonchev–Trinajstić information content (AvgIpc) is 3.26. The van der Waals surface area contributed by atoms with E-state index in [0.29, 0.717) is 25.0 Å². The number of carbonyl (C=O) groups is 4. The summed E-state index contributed by atoms with van der Waals surface area (Å²) in [6.07, 6.45) is 4.75. The molecule has 2 aliphatic rings. The number of aryl methyl sites for hydroxylation is 2. The van der Waals surface area contributed by atoms with Gasteiger partial charge >= 0.3 is 0 Å². The Bertz CT molecular complexity index is 1550. The highest BCUT2D eigenvalue weighted by atomic mass is 16.5. The Morgan fingerprint density at radius 2 is 1.80 bits per heavy atom. The lowest BCUT2D eigenvalue weighted by atomic mass is 9.99. The first-order valence-corrected chi connectivity index (χ1v) is 13.9. The van der Waals surface area contributed by atoms with Crippen LogP contribution in [0.25, 0.3) is 10.8 Å². The van der Waals surface area contributed by atoms with Gasteiger partial charge < -0.3 is 21.5 Å². The summed E-state index contributed by atoms with van der Waals surface area (Å²) in [5.41, 5.74) is 16.0. The van der Waals surface area contributed by atoms with E-state index in [1.165, 1.54) is 0 Å². The van der Waals surface area contributed by atoms with Crippen molar-refractivity contribution in [3.05, 3.63) is 88.6 Å². The predicted molar refractivity (Wildman–Crippen MR) is 156 cm³/mol. The molecule has 0 saturated carbocycles. The number of para-hydroxylation sites is 1. The van der Waals surface area contributed by atoms with Gasteiger partial charge in [0.1, 0.15) is 6.04 Å². The summed E-state index contributed by atoms with van der Waals surface area (Å²) in [5, 5.41) is 4.98. The molecule has 4 amide bonds. The number of benzene rings is 3. The van der Waals surface area contributed by atoms with Crippen LogP contribution in [0.5, 0.6) is 0 Å². The van der Waals surface area contributed by atoms with E-state index in [0.717, 1.165) is 51.6 Å². The van der Waals surface area contributed by atoms with Crippen molar-refractivity contribution in [1.29, 1.82) is 0 Å². The molecule has 0 bridgehead atoms. The van der Waals surface area contributed by atoms with E-state index in [2.05, 4.69) is 5.32 Å². The number of rotatable bonds is 11. The van der Waals surface area contributed by atoms with Crippen LogP contribution in [0.3, 0.4) is 0 Å². The summed E-state index contributed by atoms with van der Waals surface area (Å²) in [6, 6.07) is 17.2. The smallest absolute Gasteiger partial charge is 0.247 e. The Hall–Kier alpha value is -4.50. The molecule has 0 saturated heterocycles. The largest absolute Gasteiger partial charge is 0.371 e. The molecule has 212 valence electrons. The SMILES string of the molecule is NC(=O)C/C=C(/COCc1ccc2c(CCC(N)=O)cccc2c1)NC(=O)[C@@H]1Cc2cccc3c2N1C(=O)CCC3. The fourth-order valence-corrected chi connectivity index (χ4v) is 5.69. The summed E-state index contributed by atoms with van der Waals surface area (Å²) in [7, 11) is 0. The Labute approximate surface area is 238 Å². The molecular weight excluding hydrogens is 520 g/mol. The fourth-order valence-electron chi connectivity index (χ4n) is 5.69. The zero-order valence-electron chi connectivity index (χ0n) is 22.9. The zero-order valence-corrected chi connectivity index (χ0v) is 22.9. The maximum absolute atomic E-state index is 13.5. The molecule has 0 aromatic heterocycles. The van der Waals surface area contributed by atoms with Crippen LogP contribution in [0.1, 0.15) is 47.9 Å². The van der Waals surface area contributed by atoms with E-state index in [9.17, 15) is 19.2 Å². The van der Waals surface area contributed by atoms with Crippen molar-refractivity contribution in [3.8, 4) is 0 Å². The number of amides is 4. The number of anilines is 1. The summed E-state index contributed by atoms with van der Waals surface area (Å²) < 4.78 is 5.95. The monoisotopic (exact) mass is 554 g/mol. The Morgan fingerprint density at radius 1 is 1.00 bits per heavy atom. The van der Waals surface area contributed by atoms with Crippen molar-refractivity contribution in [2.75, 3.05) is 11.5 Å². The number of nitrogens with one attached hydrogen (secondary N) is 1. The highest BCUT2D eigenvalue weighted by Crippen LogP contribution is 2.39. The van der Waals surface area contributed by atoms with Gasteiger partial charge in [0.2, 0.25) is 23.6 Å². The summed E-state index contributed by atoms with van der Waals surface area (Å²) in [6.45, 7) is 0.322. The van der Waals surface area contributed by atoms with Crippen molar-refractivity contribution < 1.29 is 23.9 Å². The lowest BCUT2D eigenvalue weighted by Crippen LogP contribution is -2.48. The number of primary amides is 2. The fraction of sp³-hybridized carbons (Fsp3) is 0.312. The van der Waals surface area contributed by atoms with E-state index in [4.69, 9.17) is 16.2 Å². The molecule has 1 atom stereocenters. The van der Waals surface area contributed by atoms with Gasteiger partial charge in [-0.05, 0) is 58.4 Å². The van der Waals surface area contributed by atoms with Crippen molar-refractivity contribution in [1.82, 2.24) is 5.32 Å². The molecule has 0 fully saturated rings. The van der Waals surface area contributed by atoms with Crippen LogP contribution in [0.2, 0.25) is 0 Å². The van der Waals surface area contributed by atoms with Crippen LogP contribution in [0.15, 0.2) is 66.4 Å². The standard InChI is InChI=1S/C32H34N4O5/c33-28(37)14-11-21-4-1-7-23-16-20(10-13-26(21)23)18-41-19-25(12-15-29(34)38)35-32(40)27-17-24-8-2-5-22-6-3-9-30(39)36(27)31(22)24/h1-2,4-5,7-8,10,12-13,16,27H,3,6,9,11,14-15,17-19H2,(H2,33,37)(H2,34,38)(H,35,40)/b25-12-/t27-/m0/s1. The number of hydrogen-bond acceptors (Lipinski definition) is 5. The quantitative estimate of drug-likeness (QED) is 0.334. The van der Waals surface area contributed by atoms with Crippen molar-refractivity contribution in [3.63, 3.8) is 0 Å². The Morgan fingerprint density at radius 3 is 2.61 bits per heavy atom. The minimum absolute atomic E-state index is 0.0502. The minimum Gasteiger partial charge on any atom is -0.371 e. The van der Waals surface area contributed by atoms with Crippen LogP contribution in [0.4, 0.5) is 5.69 Å². The van der Waals surface area contributed by atoms with E-state index in [-0.39, 0.29) is 43.8 Å². The first-order chi connectivity index (χ1) is 19.8. The lowest BCUT2D eigenvalue weighted by Gasteiger charge is -2.25. The second-order valence-electron chi connectivity index (χ2n) is 10.6. The summed E-state index contributed by atoms with van der Waals surface area (Å²) in [5.74, 6) is -1.24. The number of hydrogen-bond donors (Lipinski definition) is 3. The molecular formula is C32H34N4O5. The van der Waals surface area contributed by atoms with Gasteiger partial charge in [-0.25, -0.2) is 0 Å². The number of carbonyl (C=O) groups excluding carboxylic acids is 4. The van der Waals surface area contributed by atoms with Gasteiger partial charge in [-0.2, -0.15) is 0 Å². The molecule has 9 heteroatoms. The average molecular weight is 555 g/mol. The van der Waals surface area contributed by atoms with Gasteiger partial charge in [0, 0.05) is 31.4 Å². The molecule has 5 rings (SSSR count).